The van der Waals surface area contributed by atoms with Crippen LogP contribution in [-0.2, 0) is 4.74 Å². The molecule has 4 atom stereocenters. The Kier molecular flexibility index (Phi) is 12.4. The van der Waals surface area contributed by atoms with Crippen molar-refractivity contribution in [2.45, 2.75) is 76.0 Å². The molecule has 0 saturated carbocycles. The topological polar surface area (TPSA) is 145 Å². The highest BCUT2D eigenvalue weighted by molar-refractivity contribution is 7.99. The number of benzene rings is 2. The number of nitrogens with one attached hydrogen (secondary N) is 1. The molecule has 12 nitrogen and oxygen atoms in total. The zero-order valence-corrected chi connectivity index (χ0v) is 29.3. The van der Waals surface area contributed by atoms with E-state index < -0.39 is 6.10 Å². The summed E-state index contributed by atoms with van der Waals surface area (Å²) in [5, 5.41) is 13.4. The molecular weight excluding hydrogens is 636 g/mol. The number of methoxy groups -OCH3 is 2. The van der Waals surface area contributed by atoms with Crippen molar-refractivity contribution in [3.63, 3.8) is 0 Å². The zero-order valence-electron chi connectivity index (χ0n) is 28.5. The number of carbonyl (C=O) groups excluding carboxylic acids is 2. The van der Waals surface area contributed by atoms with Gasteiger partial charge in [0.2, 0.25) is 0 Å². The first-order chi connectivity index (χ1) is 23.3. The van der Waals surface area contributed by atoms with Gasteiger partial charge in [-0.2, -0.15) is 0 Å². The van der Waals surface area contributed by atoms with Crippen molar-refractivity contribution >= 4 is 35.0 Å². The molecule has 264 valence electrons. The molecule has 0 aliphatic carbocycles. The van der Waals surface area contributed by atoms with Gasteiger partial charge in [0.15, 0.2) is 23.0 Å². The second kappa shape index (κ2) is 16.7. The van der Waals surface area contributed by atoms with E-state index in [-0.39, 0.29) is 29.3 Å². The third-order valence-electron chi connectivity index (χ3n) is 9.12. The van der Waals surface area contributed by atoms with E-state index in [2.05, 4.69) is 12.2 Å². The largest absolute Gasteiger partial charge is 0.493 e. The maximum Gasteiger partial charge on any atom is 0.256 e. The van der Waals surface area contributed by atoms with Crippen LogP contribution in [0.5, 0.6) is 23.0 Å². The molecule has 2 fully saturated rings. The van der Waals surface area contributed by atoms with Crippen LogP contribution in [0.1, 0.15) is 73.1 Å². The number of nitrogens with zero attached hydrogens (tertiary/aromatic N) is 2. The Hall–Kier alpha value is -3.55. The van der Waals surface area contributed by atoms with Crippen LogP contribution in [-0.4, -0.2) is 110 Å². The highest BCUT2D eigenvalue weighted by atomic mass is 32.2. The van der Waals surface area contributed by atoms with Crippen LogP contribution >= 0.6 is 11.8 Å². The Morgan fingerprint density at radius 2 is 1.75 bits per heavy atom. The summed E-state index contributed by atoms with van der Waals surface area (Å²) in [4.78, 5) is 30.5. The lowest BCUT2D eigenvalue weighted by atomic mass is 10.1. The quantitative estimate of drug-likeness (QED) is 0.129. The fraction of sp³-hybridized carbons (Fsp3) is 0.600. The summed E-state index contributed by atoms with van der Waals surface area (Å²) in [6.07, 6.45) is 4.31. The average Bonchev–Trinajstić information content (AvgIpc) is 3.70. The molecule has 2 amide bonds. The molecule has 0 aromatic heterocycles. The lowest BCUT2D eigenvalue weighted by molar-refractivity contribution is 0.0461. The molecule has 0 spiro atoms. The molecule has 2 saturated heterocycles. The fourth-order valence-electron chi connectivity index (χ4n) is 6.73. The number of aliphatic hydroxyl groups is 1. The van der Waals surface area contributed by atoms with Crippen LogP contribution in [0.15, 0.2) is 24.3 Å². The summed E-state index contributed by atoms with van der Waals surface area (Å²) in [6.45, 7) is 7.17. The molecule has 2 aromatic rings. The summed E-state index contributed by atoms with van der Waals surface area (Å²) in [5.41, 5.74) is 8.33. The second-order valence-corrected chi connectivity index (χ2v) is 13.6. The summed E-state index contributed by atoms with van der Waals surface area (Å²) in [5.74, 6) is 2.72. The van der Waals surface area contributed by atoms with Gasteiger partial charge in [-0.1, -0.05) is 6.92 Å². The number of nitrogens with two attached hydrogens (primary N) is 1. The van der Waals surface area contributed by atoms with E-state index >= 15 is 0 Å². The molecule has 13 heteroatoms. The lowest BCUT2D eigenvalue weighted by Gasteiger charge is -2.31. The zero-order chi connectivity index (χ0) is 34.2. The Morgan fingerprint density at radius 1 is 1.04 bits per heavy atom. The lowest BCUT2D eigenvalue weighted by Crippen LogP contribution is -2.43. The first-order valence-corrected chi connectivity index (χ1v) is 18.1. The normalized spacial score (nSPS) is 20.9. The Balaban J connectivity index is 1.11. The molecule has 48 heavy (non-hydrogen) atoms. The first kappa shape index (κ1) is 35.7. The van der Waals surface area contributed by atoms with Crippen LogP contribution in [0.4, 0.5) is 11.4 Å². The van der Waals surface area contributed by atoms with Crippen molar-refractivity contribution in [2.24, 2.45) is 0 Å². The van der Waals surface area contributed by atoms with Gasteiger partial charge in [-0.15, -0.1) is 11.8 Å². The van der Waals surface area contributed by atoms with Crippen LogP contribution in [0.2, 0.25) is 0 Å². The molecule has 5 rings (SSSR count). The molecule has 4 N–H and O–H groups in total. The van der Waals surface area contributed by atoms with Gasteiger partial charge in [0.25, 0.3) is 11.8 Å². The van der Waals surface area contributed by atoms with Crippen LogP contribution in [0.3, 0.4) is 0 Å². The number of ether oxygens (including phenoxy) is 5. The van der Waals surface area contributed by atoms with Gasteiger partial charge >= 0.3 is 0 Å². The number of hydrogen-bond acceptors (Lipinski definition) is 11. The van der Waals surface area contributed by atoms with Crippen molar-refractivity contribution in [3.8, 4) is 23.0 Å². The van der Waals surface area contributed by atoms with Gasteiger partial charge in [0, 0.05) is 44.1 Å². The minimum absolute atomic E-state index is 0.000192. The number of amides is 2. The van der Waals surface area contributed by atoms with Gasteiger partial charge in [-0.3, -0.25) is 9.59 Å². The maximum absolute atomic E-state index is 13.7. The second-order valence-electron chi connectivity index (χ2n) is 12.3. The summed E-state index contributed by atoms with van der Waals surface area (Å²) in [6, 6.07) is 6.86. The van der Waals surface area contributed by atoms with Crippen molar-refractivity contribution < 1.29 is 38.4 Å². The number of fused-ring (bicyclic) bond motifs is 2. The standard InChI is InChI=1S/C35H50N4O8S/c1-5-45-35(48-6-2)28-11-10-12-38(28)33(41)24-16-29(43-3)31(18-26(24)36)46-13-8-7-9-14-47-32-19-27-25(17-30(32)44-4)34(42)39-21-23(40)15-22(39)20-37-27/h16-19,22-23,28,35,37,40H,5-15,20-21,36H2,1-4H3/t22-,23+,28-,35?/m0/s1. The molecule has 0 bridgehead atoms. The van der Waals surface area contributed by atoms with Gasteiger partial charge in [-0.05, 0) is 63.3 Å². The predicted octanol–water partition coefficient (Wildman–Crippen LogP) is 4.64. The SMILES string of the molecule is CCOC(SCC)[C@@H]1CCCN1C(=O)c1cc(OC)c(OCCCCCOc2cc3c(cc2OC)C(=O)N2C[C@H](O)C[C@H]2CN3)cc1N. The molecule has 3 aliphatic heterocycles. The summed E-state index contributed by atoms with van der Waals surface area (Å²) in [7, 11) is 3.11. The number of anilines is 2. The molecule has 3 aliphatic rings. The summed E-state index contributed by atoms with van der Waals surface area (Å²) < 4.78 is 29.3. The van der Waals surface area contributed by atoms with Crippen molar-refractivity contribution in [1.29, 1.82) is 0 Å². The fourth-order valence-corrected chi connectivity index (χ4v) is 7.80. The number of rotatable bonds is 16. The molecule has 0 radical (unpaired) electrons. The van der Waals surface area contributed by atoms with E-state index in [9.17, 15) is 14.7 Å². The average molecular weight is 687 g/mol. The molecule has 2 aromatic carbocycles. The van der Waals surface area contributed by atoms with E-state index in [1.54, 1.807) is 49.1 Å². The highest BCUT2D eigenvalue weighted by Crippen LogP contribution is 2.38. The highest BCUT2D eigenvalue weighted by Gasteiger charge is 2.39. The van der Waals surface area contributed by atoms with Crippen LogP contribution in [0.25, 0.3) is 0 Å². The smallest absolute Gasteiger partial charge is 0.256 e. The third kappa shape index (κ3) is 8.01. The molecular formula is C35H50N4O8S. The van der Waals surface area contributed by atoms with E-state index in [1.807, 2.05) is 17.9 Å². The number of nitrogen functional groups attached to an aromatic ring is 1. The number of aliphatic hydroxyl groups excluding tert-OH is 1. The van der Waals surface area contributed by atoms with E-state index in [1.165, 1.54) is 0 Å². The number of carbonyl (C=O) groups is 2. The molecule has 3 heterocycles. The van der Waals surface area contributed by atoms with Crippen molar-refractivity contribution in [3.05, 3.63) is 35.4 Å². The number of thioether (sulfide) groups is 1. The first-order valence-electron chi connectivity index (χ1n) is 17.0. The van der Waals surface area contributed by atoms with E-state index in [4.69, 9.17) is 29.4 Å². The van der Waals surface area contributed by atoms with Gasteiger partial charge < -0.3 is 49.6 Å². The van der Waals surface area contributed by atoms with Crippen molar-refractivity contribution in [1.82, 2.24) is 9.80 Å². The number of unbranched alkanes of at least 4 members (excludes halogenated alkanes) is 2. The van der Waals surface area contributed by atoms with Crippen molar-refractivity contribution in [2.75, 3.05) is 70.5 Å². The van der Waals surface area contributed by atoms with Gasteiger partial charge in [-0.25, -0.2) is 0 Å². The predicted molar refractivity (Wildman–Crippen MR) is 187 cm³/mol. The molecule has 1 unspecified atom stereocenters. The number of hydrogen-bond donors (Lipinski definition) is 3. The maximum atomic E-state index is 13.7. The van der Waals surface area contributed by atoms with E-state index in [0.29, 0.717) is 91.4 Å². The Bertz CT molecular complexity index is 1420. The number of likely N-dealkylation sites (tertiary alicyclic amines) is 1. The van der Waals surface area contributed by atoms with Gasteiger partial charge in [0.1, 0.15) is 5.44 Å². The Labute approximate surface area is 287 Å². The third-order valence-corrected chi connectivity index (χ3v) is 10.2. The van der Waals surface area contributed by atoms with E-state index in [0.717, 1.165) is 37.9 Å². The summed E-state index contributed by atoms with van der Waals surface area (Å²) >= 11 is 1.73. The monoisotopic (exact) mass is 686 g/mol. The van der Waals surface area contributed by atoms with Gasteiger partial charge in [0.05, 0.1) is 62.4 Å². The minimum atomic E-state index is -0.495. The minimum Gasteiger partial charge on any atom is -0.493 e. The van der Waals surface area contributed by atoms with Crippen LogP contribution in [0, 0.1) is 0 Å². The Morgan fingerprint density at radius 3 is 2.44 bits per heavy atom. The van der Waals surface area contributed by atoms with Crippen LogP contribution < -0.4 is 30.0 Å².